The zero-order valence-corrected chi connectivity index (χ0v) is 15.5. The van der Waals surface area contributed by atoms with Crippen molar-refractivity contribution in [3.63, 3.8) is 0 Å². The molecule has 0 heterocycles. The van der Waals surface area contributed by atoms with Gasteiger partial charge in [0.2, 0.25) is 5.60 Å². The fourth-order valence-electron chi connectivity index (χ4n) is 3.18. The Hall–Kier alpha value is -1.88. The number of aryl methyl sites for hydroxylation is 1. The van der Waals surface area contributed by atoms with Gasteiger partial charge in [-0.25, -0.2) is 4.79 Å². The first-order valence-electron chi connectivity index (χ1n) is 8.91. The molecular formula is C20H28O5. The van der Waals surface area contributed by atoms with Gasteiger partial charge in [0.25, 0.3) is 0 Å². The predicted molar refractivity (Wildman–Crippen MR) is 94.3 cm³/mol. The van der Waals surface area contributed by atoms with Gasteiger partial charge in [-0.05, 0) is 39.2 Å². The molecule has 25 heavy (non-hydrogen) atoms. The molecule has 0 aliphatic heterocycles. The van der Waals surface area contributed by atoms with Gasteiger partial charge in [0.1, 0.15) is 0 Å². The van der Waals surface area contributed by atoms with Gasteiger partial charge in [0.05, 0.1) is 18.6 Å². The number of benzene rings is 1. The molecule has 138 valence electrons. The van der Waals surface area contributed by atoms with E-state index in [-0.39, 0.29) is 12.7 Å². The molecule has 5 heteroatoms. The van der Waals surface area contributed by atoms with E-state index in [1.165, 1.54) is 0 Å². The summed E-state index contributed by atoms with van der Waals surface area (Å²) >= 11 is 0. The van der Waals surface area contributed by atoms with Gasteiger partial charge < -0.3 is 14.2 Å². The van der Waals surface area contributed by atoms with Gasteiger partial charge in [-0.15, -0.1) is 0 Å². The zero-order valence-electron chi connectivity index (χ0n) is 15.5. The van der Waals surface area contributed by atoms with E-state index in [0.29, 0.717) is 25.7 Å². The maximum atomic E-state index is 12.7. The van der Waals surface area contributed by atoms with E-state index in [1.807, 2.05) is 31.2 Å². The predicted octanol–water partition coefficient (Wildman–Crippen LogP) is 3.53. The van der Waals surface area contributed by atoms with Crippen LogP contribution in [0.15, 0.2) is 24.3 Å². The second kappa shape index (κ2) is 8.48. The van der Waals surface area contributed by atoms with Crippen LogP contribution < -0.4 is 0 Å². The molecule has 2 rings (SSSR count). The molecule has 1 fully saturated rings. The SMILES string of the molecule is CCOC(=O)C1(OC(=O)C(C)c2ccc(C)cc2)CCC(OC)CC1. The maximum Gasteiger partial charge on any atom is 0.350 e. The number of ether oxygens (including phenoxy) is 3. The van der Waals surface area contributed by atoms with Crippen LogP contribution in [0.5, 0.6) is 0 Å². The molecule has 0 radical (unpaired) electrons. The summed E-state index contributed by atoms with van der Waals surface area (Å²) in [6, 6.07) is 7.76. The monoisotopic (exact) mass is 348 g/mol. The summed E-state index contributed by atoms with van der Waals surface area (Å²) in [7, 11) is 1.66. The van der Waals surface area contributed by atoms with E-state index in [9.17, 15) is 9.59 Å². The van der Waals surface area contributed by atoms with Gasteiger partial charge in [0, 0.05) is 20.0 Å². The van der Waals surface area contributed by atoms with E-state index < -0.39 is 23.5 Å². The van der Waals surface area contributed by atoms with E-state index in [4.69, 9.17) is 14.2 Å². The number of hydrogen-bond donors (Lipinski definition) is 0. The quantitative estimate of drug-likeness (QED) is 0.736. The van der Waals surface area contributed by atoms with Crippen LogP contribution >= 0.6 is 0 Å². The molecule has 5 nitrogen and oxygen atoms in total. The van der Waals surface area contributed by atoms with Crippen LogP contribution in [0, 0.1) is 6.92 Å². The number of carbonyl (C=O) groups excluding carboxylic acids is 2. The molecule has 1 aromatic carbocycles. The van der Waals surface area contributed by atoms with Crippen molar-refractivity contribution in [3.8, 4) is 0 Å². The van der Waals surface area contributed by atoms with Crippen LogP contribution in [0.4, 0.5) is 0 Å². The molecule has 0 bridgehead atoms. The second-order valence-corrected chi connectivity index (χ2v) is 6.70. The van der Waals surface area contributed by atoms with Crippen LogP contribution in [0.25, 0.3) is 0 Å². The topological polar surface area (TPSA) is 61.8 Å². The number of methoxy groups -OCH3 is 1. The largest absolute Gasteiger partial charge is 0.463 e. The van der Waals surface area contributed by atoms with Crippen molar-refractivity contribution in [1.29, 1.82) is 0 Å². The third-order valence-electron chi connectivity index (χ3n) is 4.95. The van der Waals surface area contributed by atoms with Gasteiger partial charge in [-0.1, -0.05) is 29.8 Å². The normalized spacial score (nSPS) is 24.4. The van der Waals surface area contributed by atoms with E-state index >= 15 is 0 Å². The molecule has 1 saturated carbocycles. The number of esters is 2. The number of carbonyl (C=O) groups is 2. The highest BCUT2D eigenvalue weighted by Crippen LogP contribution is 2.35. The molecule has 1 aliphatic carbocycles. The van der Waals surface area contributed by atoms with Gasteiger partial charge in [-0.2, -0.15) is 0 Å². The molecule has 0 spiro atoms. The van der Waals surface area contributed by atoms with Crippen LogP contribution in [0.2, 0.25) is 0 Å². The van der Waals surface area contributed by atoms with Crippen LogP contribution in [0.3, 0.4) is 0 Å². The standard InChI is InChI=1S/C20H28O5/c1-5-24-19(22)20(12-10-17(23-4)11-13-20)25-18(21)15(3)16-8-6-14(2)7-9-16/h6-9,15,17H,5,10-13H2,1-4H3. The Morgan fingerprint density at radius 1 is 1.20 bits per heavy atom. The molecule has 1 aromatic rings. The van der Waals surface area contributed by atoms with Crippen molar-refractivity contribution in [2.45, 2.75) is 64.1 Å². The van der Waals surface area contributed by atoms with Crippen LogP contribution in [-0.4, -0.2) is 37.4 Å². The van der Waals surface area contributed by atoms with E-state index in [1.54, 1.807) is 21.0 Å². The van der Waals surface area contributed by atoms with Crippen molar-refractivity contribution in [3.05, 3.63) is 35.4 Å². The first-order valence-corrected chi connectivity index (χ1v) is 8.91. The van der Waals surface area contributed by atoms with Crippen molar-refractivity contribution in [2.24, 2.45) is 0 Å². The fourth-order valence-corrected chi connectivity index (χ4v) is 3.18. The third-order valence-corrected chi connectivity index (χ3v) is 4.95. The smallest absolute Gasteiger partial charge is 0.350 e. The Bertz CT molecular complexity index is 585. The molecule has 0 amide bonds. The van der Waals surface area contributed by atoms with Crippen molar-refractivity contribution in [2.75, 3.05) is 13.7 Å². The molecule has 1 unspecified atom stereocenters. The fraction of sp³-hybridized carbons (Fsp3) is 0.600. The highest BCUT2D eigenvalue weighted by Gasteiger charge is 2.47. The maximum absolute atomic E-state index is 12.7. The average molecular weight is 348 g/mol. The molecular weight excluding hydrogens is 320 g/mol. The summed E-state index contributed by atoms with van der Waals surface area (Å²) in [6.45, 7) is 5.81. The first-order chi connectivity index (χ1) is 11.9. The summed E-state index contributed by atoms with van der Waals surface area (Å²) in [5.41, 5.74) is 0.812. The summed E-state index contributed by atoms with van der Waals surface area (Å²) in [4.78, 5) is 25.2. The average Bonchev–Trinajstić information content (AvgIpc) is 2.62. The lowest BCUT2D eigenvalue weighted by molar-refractivity contribution is -0.190. The minimum absolute atomic E-state index is 0.0933. The Balaban J connectivity index is 2.14. The Labute approximate surface area is 149 Å². The van der Waals surface area contributed by atoms with Crippen molar-refractivity contribution < 1.29 is 23.8 Å². The van der Waals surface area contributed by atoms with Crippen LogP contribution in [-0.2, 0) is 23.8 Å². The summed E-state index contributed by atoms with van der Waals surface area (Å²) in [6.07, 6.45) is 2.28. The molecule has 1 aliphatic rings. The zero-order chi connectivity index (χ0) is 18.4. The molecule has 1 atom stereocenters. The first kappa shape index (κ1) is 19.4. The second-order valence-electron chi connectivity index (χ2n) is 6.70. The minimum Gasteiger partial charge on any atom is -0.463 e. The lowest BCUT2D eigenvalue weighted by Crippen LogP contribution is -2.49. The third kappa shape index (κ3) is 4.60. The van der Waals surface area contributed by atoms with Gasteiger partial charge >= 0.3 is 11.9 Å². The Morgan fingerprint density at radius 2 is 1.80 bits per heavy atom. The lowest BCUT2D eigenvalue weighted by atomic mass is 9.82. The van der Waals surface area contributed by atoms with Crippen molar-refractivity contribution >= 4 is 11.9 Å². The highest BCUT2D eigenvalue weighted by molar-refractivity contribution is 5.86. The van der Waals surface area contributed by atoms with Crippen molar-refractivity contribution in [1.82, 2.24) is 0 Å². The van der Waals surface area contributed by atoms with E-state index in [2.05, 4.69) is 0 Å². The Morgan fingerprint density at radius 3 is 2.32 bits per heavy atom. The summed E-state index contributed by atoms with van der Waals surface area (Å²) in [5.74, 6) is -1.28. The van der Waals surface area contributed by atoms with Gasteiger partial charge in [-0.3, -0.25) is 4.79 Å². The number of rotatable bonds is 6. The molecule has 0 aromatic heterocycles. The summed E-state index contributed by atoms with van der Waals surface area (Å²) in [5, 5.41) is 0. The van der Waals surface area contributed by atoms with E-state index in [0.717, 1.165) is 11.1 Å². The van der Waals surface area contributed by atoms with Gasteiger partial charge in [0.15, 0.2) is 0 Å². The minimum atomic E-state index is -1.19. The Kier molecular flexibility index (Phi) is 6.59. The molecule has 0 saturated heterocycles. The van der Waals surface area contributed by atoms with Crippen LogP contribution in [0.1, 0.15) is 56.6 Å². The number of hydrogen-bond acceptors (Lipinski definition) is 5. The lowest BCUT2D eigenvalue weighted by Gasteiger charge is -2.37. The highest BCUT2D eigenvalue weighted by atomic mass is 16.6. The summed E-state index contributed by atoms with van der Waals surface area (Å²) < 4.78 is 16.3. The molecule has 0 N–H and O–H groups in total.